The van der Waals surface area contributed by atoms with Crippen LogP contribution in [-0.2, 0) is 9.53 Å². The average Bonchev–Trinajstić information content (AvgIpc) is 2.53. The van der Waals surface area contributed by atoms with Gasteiger partial charge >= 0.3 is 0 Å². The van der Waals surface area contributed by atoms with Gasteiger partial charge in [-0.15, -0.1) is 19.0 Å². The predicted molar refractivity (Wildman–Crippen MR) is 93.9 cm³/mol. The van der Waals surface area contributed by atoms with Crippen LogP contribution in [0.1, 0.15) is 23.7 Å². The molecule has 1 rings (SSSR count). The Balaban J connectivity index is 0.00000484. The molecule has 1 unspecified atom stereocenters. The minimum Gasteiger partial charge on any atom is -0.368 e. The number of benzene rings is 1. The van der Waals surface area contributed by atoms with Gasteiger partial charge in [0.25, 0.3) is 11.8 Å². The van der Waals surface area contributed by atoms with Crippen LogP contribution in [0.2, 0.25) is 0 Å². The number of carbonyl (C=O) groups excluding carboxylic acids is 2. The molecule has 2 amide bonds. The van der Waals surface area contributed by atoms with Crippen LogP contribution in [0.25, 0.3) is 0 Å². The second kappa shape index (κ2) is 11.6. The lowest BCUT2D eigenvalue weighted by Crippen LogP contribution is -2.32. The fourth-order valence-electron chi connectivity index (χ4n) is 1.71. The topological polar surface area (TPSA) is 93.4 Å². The number of para-hydroxylation sites is 1. The standard InChI is InChI=1S/C16H23N3O3.ClH/c1-3-4-11-22-12(2)15(20)19-14-8-6-5-7-13(14)16(21)18-10-9-17;/h3,5-8,12H,1,4,9-11,17H2,2H3,(H,18,21)(H,19,20);1H. The van der Waals surface area contributed by atoms with E-state index in [1.165, 1.54) is 0 Å². The Morgan fingerprint density at radius 3 is 2.74 bits per heavy atom. The molecule has 4 N–H and O–H groups in total. The number of halogens is 1. The van der Waals surface area contributed by atoms with Gasteiger partial charge in [0.05, 0.1) is 17.9 Å². The molecule has 1 atom stereocenters. The van der Waals surface area contributed by atoms with Crippen LogP contribution in [0.5, 0.6) is 0 Å². The number of rotatable bonds is 9. The smallest absolute Gasteiger partial charge is 0.253 e. The molecule has 23 heavy (non-hydrogen) atoms. The number of carbonyl (C=O) groups is 2. The molecule has 7 heteroatoms. The van der Waals surface area contributed by atoms with Crippen molar-refractivity contribution in [3.05, 3.63) is 42.5 Å². The Bertz CT molecular complexity index is 523. The van der Waals surface area contributed by atoms with Gasteiger partial charge < -0.3 is 21.1 Å². The summed E-state index contributed by atoms with van der Waals surface area (Å²) < 4.78 is 5.38. The van der Waals surface area contributed by atoms with Crippen LogP contribution in [0.3, 0.4) is 0 Å². The van der Waals surface area contributed by atoms with E-state index in [9.17, 15) is 9.59 Å². The average molecular weight is 342 g/mol. The molecule has 0 bridgehead atoms. The number of nitrogens with two attached hydrogens (primary N) is 1. The Hall–Kier alpha value is -1.89. The van der Waals surface area contributed by atoms with Crippen molar-refractivity contribution in [3.8, 4) is 0 Å². The first kappa shape index (κ1) is 21.1. The van der Waals surface area contributed by atoms with E-state index in [4.69, 9.17) is 10.5 Å². The van der Waals surface area contributed by atoms with E-state index in [0.29, 0.717) is 37.4 Å². The maximum Gasteiger partial charge on any atom is 0.253 e. The van der Waals surface area contributed by atoms with Crippen LogP contribution >= 0.6 is 12.4 Å². The van der Waals surface area contributed by atoms with Crippen molar-refractivity contribution < 1.29 is 14.3 Å². The van der Waals surface area contributed by atoms with E-state index in [1.54, 1.807) is 37.3 Å². The third-order valence-electron chi connectivity index (χ3n) is 2.92. The van der Waals surface area contributed by atoms with Gasteiger partial charge in [0.15, 0.2) is 0 Å². The Morgan fingerprint density at radius 1 is 1.39 bits per heavy atom. The monoisotopic (exact) mass is 341 g/mol. The van der Waals surface area contributed by atoms with Gasteiger partial charge in [0.2, 0.25) is 0 Å². The third kappa shape index (κ3) is 7.27. The second-order valence-electron chi connectivity index (χ2n) is 4.67. The number of hydrogen-bond acceptors (Lipinski definition) is 4. The van der Waals surface area contributed by atoms with Gasteiger partial charge in [-0.05, 0) is 25.5 Å². The van der Waals surface area contributed by atoms with E-state index in [2.05, 4.69) is 17.2 Å². The summed E-state index contributed by atoms with van der Waals surface area (Å²) >= 11 is 0. The van der Waals surface area contributed by atoms with Crippen LogP contribution in [0.4, 0.5) is 5.69 Å². The highest BCUT2D eigenvalue weighted by Crippen LogP contribution is 2.15. The molecule has 0 radical (unpaired) electrons. The highest BCUT2D eigenvalue weighted by Gasteiger charge is 2.17. The fourth-order valence-corrected chi connectivity index (χ4v) is 1.71. The lowest BCUT2D eigenvalue weighted by Gasteiger charge is -2.15. The molecule has 0 aliphatic heterocycles. The van der Waals surface area contributed by atoms with Crippen LogP contribution in [0, 0.1) is 0 Å². The Labute approximate surface area is 142 Å². The molecule has 0 aliphatic carbocycles. The summed E-state index contributed by atoms with van der Waals surface area (Å²) in [6, 6.07) is 6.80. The largest absolute Gasteiger partial charge is 0.368 e. The SMILES string of the molecule is C=CCCOC(C)C(=O)Nc1ccccc1C(=O)NCCN.Cl. The van der Waals surface area contributed by atoms with E-state index in [0.717, 1.165) is 0 Å². The molecule has 0 fully saturated rings. The molecule has 1 aromatic rings. The number of nitrogens with one attached hydrogen (secondary N) is 2. The van der Waals surface area contributed by atoms with E-state index in [-0.39, 0.29) is 24.2 Å². The zero-order valence-electron chi connectivity index (χ0n) is 13.2. The molecule has 128 valence electrons. The molecule has 0 aliphatic rings. The normalized spacial score (nSPS) is 11.0. The highest BCUT2D eigenvalue weighted by molar-refractivity contribution is 6.04. The van der Waals surface area contributed by atoms with Crippen LogP contribution in [0.15, 0.2) is 36.9 Å². The fraction of sp³-hybridized carbons (Fsp3) is 0.375. The Morgan fingerprint density at radius 2 is 2.09 bits per heavy atom. The van der Waals surface area contributed by atoms with Crippen LogP contribution < -0.4 is 16.4 Å². The first-order chi connectivity index (χ1) is 10.6. The van der Waals surface area contributed by atoms with Gasteiger partial charge in [0, 0.05) is 13.1 Å². The van der Waals surface area contributed by atoms with Crippen molar-refractivity contribution in [3.63, 3.8) is 0 Å². The lowest BCUT2D eigenvalue weighted by molar-refractivity contribution is -0.126. The van der Waals surface area contributed by atoms with Gasteiger partial charge in [0.1, 0.15) is 6.10 Å². The maximum atomic E-state index is 12.1. The summed E-state index contributed by atoms with van der Waals surface area (Å²) in [6.07, 6.45) is 1.79. The Kier molecular flexibility index (Phi) is 10.7. The summed E-state index contributed by atoms with van der Waals surface area (Å²) in [4.78, 5) is 24.1. The minimum atomic E-state index is -0.611. The molecule has 6 nitrogen and oxygen atoms in total. The van der Waals surface area contributed by atoms with Crippen molar-refractivity contribution in [2.75, 3.05) is 25.0 Å². The molecule has 0 saturated carbocycles. The number of ether oxygens (including phenoxy) is 1. The third-order valence-corrected chi connectivity index (χ3v) is 2.92. The minimum absolute atomic E-state index is 0. The highest BCUT2D eigenvalue weighted by atomic mass is 35.5. The molecule has 1 aromatic carbocycles. The zero-order valence-corrected chi connectivity index (χ0v) is 14.0. The van der Waals surface area contributed by atoms with E-state index < -0.39 is 6.10 Å². The summed E-state index contributed by atoms with van der Waals surface area (Å²) in [5.41, 5.74) is 6.20. The predicted octanol–water partition coefficient (Wildman–Crippen LogP) is 1.72. The molecular formula is C16H24ClN3O3. The first-order valence-electron chi connectivity index (χ1n) is 7.20. The number of amides is 2. The van der Waals surface area contributed by atoms with Crippen LogP contribution in [-0.4, -0.2) is 37.6 Å². The first-order valence-corrected chi connectivity index (χ1v) is 7.20. The van der Waals surface area contributed by atoms with Gasteiger partial charge in [-0.1, -0.05) is 18.2 Å². The van der Waals surface area contributed by atoms with Crippen molar-refractivity contribution in [1.82, 2.24) is 5.32 Å². The van der Waals surface area contributed by atoms with Gasteiger partial charge in [-0.2, -0.15) is 0 Å². The summed E-state index contributed by atoms with van der Waals surface area (Å²) in [7, 11) is 0. The summed E-state index contributed by atoms with van der Waals surface area (Å²) in [5.74, 6) is -0.579. The molecule has 0 spiro atoms. The van der Waals surface area contributed by atoms with E-state index >= 15 is 0 Å². The quantitative estimate of drug-likeness (QED) is 0.471. The van der Waals surface area contributed by atoms with Crippen molar-refractivity contribution >= 4 is 29.9 Å². The summed E-state index contributed by atoms with van der Waals surface area (Å²) in [5, 5.41) is 5.39. The zero-order chi connectivity index (χ0) is 16.4. The van der Waals surface area contributed by atoms with Crippen molar-refractivity contribution in [1.29, 1.82) is 0 Å². The molecular weight excluding hydrogens is 318 g/mol. The molecule has 0 heterocycles. The molecule has 0 saturated heterocycles. The van der Waals surface area contributed by atoms with E-state index in [1.807, 2.05) is 0 Å². The maximum absolute atomic E-state index is 12.1. The van der Waals surface area contributed by atoms with Crippen molar-refractivity contribution in [2.45, 2.75) is 19.4 Å². The second-order valence-corrected chi connectivity index (χ2v) is 4.67. The van der Waals surface area contributed by atoms with Crippen molar-refractivity contribution in [2.24, 2.45) is 5.73 Å². The summed E-state index contributed by atoms with van der Waals surface area (Å²) in [6.45, 7) is 6.41. The van der Waals surface area contributed by atoms with Gasteiger partial charge in [-0.25, -0.2) is 0 Å². The number of hydrogen-bond donors (Lipinski definition) is 3. The number of anilines is 1. The van der Waals surface area contributed by atoms with Gasteiger partial charge in [-0.3, -0.25) is 9.59 Å². The molecule has 0 aromatic heterocycles. The lowest BCUT2D eigenvalue weighted by atomic mass is 10.1.